The van der Waals surface area contributed by atoms with Gasteiger partial charge >= 0.3 is 0 Å². The van der Waals surface area contributed by atoms with Crippen LogP contribution in [0.3, 0.4) is 0 Å². The number of hydrogen-bond donors (Lipinski definition) is 3. The van der Waals surface area contributed by atoms with Crippen molar-refractivity contribution in [3.05, 3.63) is 59.2 Å². The van der Waals surface area contributed by atoms with Crippen LogP contribution in [0.4, 0.5) is 0 Å². The number of phenols is 2. The number of aryl methyl sites for hydroxylation is 1. The molecule has 2 aromatic carbocycles. The summed E-state index contributed by atoms with van der Waals surface area (Å²) in [6.45, 7) is 7.69. The van der Waals surface area contributed by atoms with E-state index in [4.69, 9.17) is 0 Å². The summed E-state index contributed by atoms with van der Waals surface area (Å²) in [4.78, 5) is 12.1. The first kappa shape index (κ1) is 17.6. The smallest absolute Gasteiger partial charge is 0.255 e. The van der Waals surface area contributed by atoms with Gasteiger partial charge in [-0.2, -0.15) is 0 Å². The Bertz CT molecular complexity index is 621. The number of aromatic hydroxyl groups is 2. The van der Waals surface area contributed by atoms with E-state index in [0.717, 1.165) is 11.1 Å². The predicted octanol–water partition coefficient (Wildman–Crippen LogP) is 3.92. The maximum atomic E-state index is 12.1. The first-order valence-electron chi connectivity index (χ1n) is 7.37. The molecule has 0 aliphatic rings. The molecular weight excluding hydrogens is 278 g/mol. The Hall–Kier alpha value is -2.49. The molecule has 0 radical (unpaired) electrons. The summed E-state index contributed by atoms with van der Waals surface area (Å²) in [6, 6.07) is 11.3. The van der Waals surface area contributed by atoms with Crippen molar-refractivity contribution in [3.8, 4) is 11.5 Å². The van der Waals surface area contributed by atoms with Crippen LogP contribution < -0.4 is 5.32 Å². The molecule has 0 spiro atoms. The summed E-state index contributed by atoms with van der Waals surface area (Å²) in [7, 11) is 0. The lowest BCUT2D eigenvalue weighted by molar-refractivity contribution is 0.0937. The minimum Gasteiger partial charge on any atom is -0.508 e. The van der Waals surface area contributed by atoms with Gasteiger partial charge in [-0.1, -0.05) is 32.0 Å². The van der Waals surface area contributed by atoms with Gasteiger partial charge in [0.25, 0.3) is 5.91 Å². The van der Waals surface area contributed by atoms with E-state index in [1.807, 2.05) is 27.7 Å². The number of rotatable bonds is 3. The Morgan fingerprint density at radius 1 is 1.05 bits per heavy atom. The Morgan fingerprint density at radius 2 is 1.64 bits per heavy atom. The van der Waals surface area contributed by atoms with Crippen LogP contribution in [0, 0.1) is 6.92 Å². The van der Waals surface area contributed by atoms with Crippen molar-refractivity contribution in [2.45, 2.75) is 33.7 Å². The summed E-state index contributed by atoms with van der Waals surface area (Å²) < 4.78 is 0. The van der Waals surface area contributed by atoms with Gasteiger partial charge in [0.1, 0.15) is 11.5 Å². The Kier molecular flexibility index (Phi) is 6.45. The summed E-state index contributed by atoms with van der Waals surface area (Å²) in [5, 5.41) is 21.8. The molecule has 118 valence electrons. The lowest BCUT2D eigenvalue weighted by atomic mass is 10.1. The van der Waals surface area contributed by atoms with E-state index in [-0.39, 0.29) is 29.0 Å². The fraction of sp³-hybridized carbons (Fsp3) is 0.278. The summed E-state index contributed by atoms with van der Waals surface area (Å²) in [6.07, 6.45) is 0. The lowest BCUT2D eigenvalue weighted by Gasteiger charge is -2.15. The zero-order valence-corrected chi connectivity index (χ0v) is 13.4. The molecule has 1 amide bonds. The average molecular weight is 301 g/mol. The molecule has 0 saturated carbocycles. The van der Waals surface area contributed by atoms with Crippen molar-refractivity contribution in [3.63, 3.8) is 0 Å². The first-order valence-corrected chi connectivity index (χ1v) is 7.37. The van der Waals surface area contributed by atoms with E-state index in [1.54, 1.807) is 42.5 Å². The Balaban J connectivity index is 0.00000116. The maximum Gasteiger partial charge on any atom is 0.255 e. The van der Waals surface area contributed by atoms with Crippen molar-refractivity contribution in [2.75, 3.05) is 0 Å². The molecule has 22 heavy (non-hydrogen) atoms. The third-order valence-electron chi connectivity index (χ3n) is 3.14. The monoisotopic (exact) mass is 301 g/mol. The molecule has 0 aliphatic heterocycles. The number of carbonyl (C=O) groups is 1. The van der Waals surface area contributed by atoms with E-state index in [1.165, 1.54) is 0 Å². The van der Waals surface area contributed by atoms with Gasteiger partial charge in [-0.05, 0) is 49.2 Å². The predicted molar refractivity (Wildman–Crippen MR) is 88.2 cm³/mol. The molecule has 0 saturated heterocycles. The zero-order chi connectivity index (χ0) is 16.7. The third kappa shape index (κ3) is 4.52. The number of nitrogens with one attached hydrogen (secondary N) is 1. The van der Waals surface area contributed by atoms with E-state index >= 15 is 0 Å². The van der Waals surface area contributed by atoms with Crippen LogP contribution in [0.1, 0.15) is 48.3 Å². The van der Waals surface area contributed by atoms with Gasteiger partial charge in [-0.3, -0.25) is 4.79 Å². The second kappa shape index (κ2) is 8.08. The highest BCUT2D eigenvalue weighted by atomic mass is 16.3. The van der Waals surface area contributed by atoms with Gasteiger partial charge in [0.15, 0.2) is 0 Å². The highest BCUT2D eigenvalue weighted by molar-refractivity contribution is 5.97. The second-order valence-corrected chi connectivity index (χ2v) is 4.81. The largest absolute Gasteiger partial charge is 0.508 e. The molecule has 3 N–H and O–H groups in total. The molecule has 2 rings (SSSR count). The number of benzene rings is 2. The van der Waals surface area contributed by atoms with Crippen LogP contribution in [0.5, 0.6) is 11.5 Å². The fourth-order valence-corrected chi connectivity index (χ4v) is 1.95. The van der Waals surface area contributed by atoms with Gasteiger partial charge in [0.05, 0.1) is 11.6 Å². The number of carbonyl (C=O) groups excluding carboxylic acids is 1. The summed E-state index contributed by atoms with van der Waals surface area (Å²) in [5.74, 6) is -0.174. The number of amides is 1. The van der Waals surface area contributed by atoms with E-state index in [2.05, 4.69) is 5.32 Å². The molecule has 1 atom stereocenters. The fourth-order valence-electron chi connectivity index (χ4n) is 1.95. The average Bonchev–Trinajstić information content (AvgIpc) is 2.49. The minimum atomic E-state index is -0.330. The number of phenolic OH excluding ortho intramolecular Hbond substituents is 2. The molecule has 0 heterocycles. The quantitative estimate of drug-likeness (QED) is 0.804. The topological polar surface area (TPSA) is 69.6 Å². The molecule has 0 aromatic heterocycles. The van der Waals surface area contributed by atoms with E-state index < -0.39 is 0 Å². The molecule has 0 bridgehead atoms. The van der Waals surface area contributed by atoms with Crippen LogP contribution in [0.2, 0.25) is 0 Å². The lowest BCUT2D eigenvalue weighted by Crippen LogP contribution is -2.26. The third-order valence-corrected chi connectivity index (χ3v) is 3.14. The highest BCUT2D eigenvalue weighted by Crippen LogP contribution is 2.21. The maximum absolute atomic E-state index is 12.1. The van der Waals surface area contributed by atoms with Gasteiger partial charge in [-0.25, -0.2) is 0 Å². The normalized spacial score (nSPS) is 11.1. The first-order chi connectivity index (χ1) is 10.5. The standard InChI is InChI=1S/C16H17NO3.C2H6/c1-10-3-8-14(15(19)9-10)16(20)17-11(2)12-4-6-13(18)7-5-12;1-2/h3-9,11,18-19H,1-2H3,(H,17,20);1-2H3. The molecule has 1 unspecified atom stereocenters. The Morgan fingerprint density at radius 3 is 2.18 bits per heavy atom. The zero-order valence-electron chi connectivity index (χ0n) is 13.4. The molecular formula is C18H23NO3. The summed E-state index contributed by atoms with van der Waals surface area (Å²) in [5.41, 5.74) is 2.02. The van der Waals surface area contributed by atoms with Crippen molar-refractivity contribution < 1.29 is 15.0 Å². The molecule has 4 nitrogen and oxygen atoms in total. The molecule has 0 aliphatic carbocycles. The molecule has 4 heteroatoms. The van der Waals surface area contributed by atoms with Crippen LogP contribution >= 0.6 is 0 Å². The van der Waals surface area contributed by atoms with Crippen molar-refractivity contribution in [1.29, 1.82) is 0 Å². The SMILES string of the molecule is CC.Cc1ccc(C(=O)NC(C)c2ccc(O)cc2)c(O)c1. The highest BCUT2D eigenvalue weighted by Gasteiger charge is 2.14. The van der Waals surface area contributed by atoms with Gasteiger partial charge in [0, 0.05) is 0 Å². The van der Waals surface area contributed by atoms with Crippen LogP contribution in [0.25, 0.3) is 0 Å². The molecule has 0 fully saturated rings. The van der Waals surface area contributed by atoms with Crippen LogP contribution in [-0.2, 0) is 0 Å². The van der Waals surface area contributed by atoms with Gasteiger partial charge < -0.3 is 15.5 Å². The van der Waals surface area contributed by atoms with Gasteiger partial charge in [-0.15, -0.1) is 0 Å². The Labute approximate surface area is 131 Å². The minimum absolute atomic E-state index is 0.0274. The second-order valence-electron chi connectivity index (χ2n) is 4.81. The van der Waals surface area contributed by atoms with Crippen molar-refractivity contribution >= 4 is 5.91 Å². The van der Waals surface area contributed by atoms with Gasteiger partial charge in [0.2, 0.25) is 0 Å². The van der Waals surface area contributed by atoms with Crippen molar-refractivity contribution in [2.24, 2.45) is 0 Å². The number of hydrogen-bond acceptors (Lipinski definition) is 3. The summed E-state index contributed by atoms with van der Waals surface area (Å²) >= 11 is 0. The van der Waals surface area contributed by atoms with Crippen LogP contribution in [-0.4, -0.2) is 16.1 Å². The van der Waals surface area contributed by atoms with Crippen LogP contribution in [0.15, 0.2) is 42.5 Å². The van der Waals surface area contributed by atoms with E-state index in [9.17, 15) is 15.0 Å². The van der Waals surface area contributed by atoms with Crippen molar-refractivity contribution in [1.82, 2.24) is 5.32 Å². The molecule has 2 aromatic rings. The van der Waals surface area contributed by atoms with E-state index in [0.29, 0.717) is 0 Å².